The van der Waals surface area contributed by atoms with Gasteiger partial charge in [0, 0.05) is 11.8 Å². The number of aryl methyl sites for hydroxylation is 2. The number of carbonyl (C=O) groups is 1. The zero-order valence-electron chi connectivity index (χ0n) is 15.2. The van der Waals surface area contributed by atoms with Crippen molar-refractivity contribution >= 4 is 27.4 Å². The van der Waals surface area contributed by atoms with Gasteiger partial charge in [-0.25, -0.2) is 17.8 Å². The second kappa shape index (κ2) is 7.77. The molecule has 0 bridgehead atoms. The van der Waals surface area contributed by atoms with Crippen molar-refractivity contribution in [2.45, 2.75) is 18.7 Å². The fraction of sp³-hybridized carbons (Fsp3) is 0.100. The van der Waals surface area contributed by atoms with E-state index in [0.717, 1.165) is 11.6 Å². The number of amides is 1. The SMILES string of the molecule is Cc1ccnc(NC(=O)c2cc(S(=O)(=O)Nc3ccccc3F)ccc2C)c1. The highest BCUT2D eigenvalue weighted by Gasteiger charge is 2.19. The molecule has 0 atom stereocenters. The van der Waals surface area contributed by atoms with Gasteiger partial charge in [-0.2, -0.15) is 0 Å². The van der Waals surface area contributed by atoms with Crippen molar-refractivity contribution in [1.29, 1.82) is 0 Å². The molecule has 0 unspecified atom stereocenters. The van der Waals surface area contributed by atoms with Crippen LogP contribution in [-0.4, -0.2) is 19.3 Å². The molecular formula is C20H18FN3O3S. The number of rotatable bonds is 5. The van der Waals surface area contributed by atoms with E-state index >= 15 is 0 Å². The molecule has 0 fully saturated rings. The van der Waals surface area contributed by atoms with E-state index in [9.17, 15) is 17.6 Å². The Labute approximate surface area is 162 Å². The van der Waals surface area contributed by atoms with Crippen LogP contribution in [-0.2, 0) is 10.0 Å². The molecule has 0 saturated heterocycles. The number of para-hydroxylation sites is 1. The van der Waals surface area contributed by atoms with Crippen molar-refractivity contribution in [2.75, 3.05) is 10.0 Å². The van der Waals surface area contributed by atoms with Crippen LogP contribution in [0.4, 0.5) is 15.9 Å². The summed E-state index contributed by atoms with van der Waals surface area (Å²) in [5.74, 6) is -0.817. The molecule has 0 spiro atoms. The van der Waals surface area contributed by atoms with Crippen LogP contribution >= 0.6 is 0 Å². The van der Waals surface area contributed by atoms with E-state index in [1.807, 2.05) is 6.92 Å². The second-order valence-corrected chi connectivity index (χ2v) is 7.92. The Bertz CT molecular complexity index is 1150. The van der Waals surface area contributed by atoms with Crippen LogP contribution in [0.25, 0.3) is 0 Å². The molecule has 3 rings (SSSR count). The van der Waals surface area contributed by atoms with Crippen molar-refractivity contribution in [2.24, 2.45) is 0 Å². The Morgan fingerprint density at radius 3 is 2.50 bits per heavy atom. The van der Waals surface area contributed by atoms with Gasteiger partial charge < -0.3 is 5.32 Å². The number of anilines is 2. The number of hydrogen-bond donors (Lipinski definition) is 2. The average molecular weight is 399 g/mol. The maximum absolute atomic E-state index is 13.8. The van der Waals surface area contributed by atoms with Crippen molar-refractivity contribution in [1.82, 2.24) is 4.98 Å². The number of nitrogens with zero attached hydrogens (tertiary/aromatic N) is 1. The summed E-state index contributed by atoms with van der Waals surface area (Å²) < 4.78 is 41.2. The molecule has 2 aromatic carbocycles. The molecule has 144 valence electrons. The van der Waals surface area contributed by atoms with E-state index < -0.39 is 21.7 Å². The predicted molar refractivity (Wildman–Crippen MR) is 105 cm³/mol. The lowest BCUT2D eigenvalue weighted by Gasteiger charge is -2.12. The first-order valence-corrected chi connectivity index (χ1v) is 9.86. The number of benzene rings is 2. The Kier molecular flexibility index (Phi) is 5.41. The fourth-order valence-electron chi connectivity index (χ4n) is 2.55. The molecule has 3 aromatic rings. The van der Waals surface area contributed by atoms with Gasteiger partial charge >= 0.3 is 0 Å². The van der Waals surface area contributed by atoms with Gasteiger partial charge in [0.25, 0.3) is 15.9 Å². The third-order valence-corrected chi connectivity index (χ3v) is 5.40. The van der Waals surface area contributed by atoms with Gasteiger partial charge in [-0.05, 0) is 61.4 Å². The minimum Gasteiger partial charge on any atom is -0.307 e. The average Bonchev–Trinajstić information content (AvgIpc) is 2.63. The topological polar surface area (TPSA) is 88.2 Å². The summed E-state index contributed by atoms with van der Waals surface area (Å²) in [7, 11) is -4.07. The maximum Gasteiger partial charge on any atom is 0.262 e. The lowest BCUT2D eigenvalue weighted by atomic mass is 10.1. The molecule has 1 heterocycles. The summed E-state index contributed by atoms with van der Waals surface area (Å²) in [4.78, 5) is 16.5. The van der Waals surface area contributed by atoms with Crippen LogP contribution in [0.15, 0.2) is 65.7 Å². The first-order chi connectivity index (χ1) is 13.3. The Morgan fingerprint density at radius 1 is 1.04 bits per heavy atom. The number of hydrogen-bond acceptors (Lipinski definition) is 4. The number of pyridine rings is 1. The molecule has 28 heavy (non-hydrogen) atoms. The minimum atomic E-state index is -4.07. The minimum absolute atomic E-state index is 0.149. The van der Waals surface area contributed by atoms with Crippen molar-refractivity contribution in [3.63, 3.8) is 0 Å². The molecule has 8 heteroatoms. The van der Waals surface area contributed by atoms with Crippen LogP contribution in [0.1, 0.15) is 21.5 Å². The maximum atomic E-state index is 13.8. The summed E-state index contributed by atoms with van der Waals surface area (Å²) in [6, 6.07) is 13.1. The van der Waals surface area contributed by atoms with Crippen molar-refractivity contribution < 1.29 is 17.6 Å². The first-order valence-electron chi connectivity index (χ1n) is 8.38. The highest BCUT2D eigenvalue weighted by Crippen LogP contribution is 2.21. The Hall–Kier alpha value is -3.26. The number of nitrogens with one attached hydrogen (secondary N) is 2. The summed E-state index contributed by atoms with van der Waals surface area (Å²) in [5.41, 5.74) is 1.53. The highest BCUT2D eigenvalue weighted by atomic mass is 32.2. The van der Waals surface area contributed by atoms with E-state index in [4.69, 9.17) is 0 Å². The lowest BCUT2D eigenvalue weighted by molar-refractivity contribution is 0.102. The number of halogens is 1. The Balaban J connectivity index is 1.90. The predicted octanol–water partition coefficient (Wildman–Crippen LogP) is 3.89. The van der Waals surface area contributed by atoms with E-state index in [1.54, 1.807) is 25.3 Å². The van der Waals surface area contributed by atoms with Gasteiger partial charge in [-0.1, -0.05) is 18.2 Å². The molecule has 0 radical (unpaired) electrons. The third-order valence-electron chi connectivity index (χ3n) is 4.04. The highest BCUT2D eigenvalue weighted by molar-refractivity contribution is 7.92. The quantitative estimate of drug-likeness (QED) is 0.681. The monoisotopic (exact) mass is 399 g/mol. The van der Waals surface area contributed by atoms with Crippen molar-refractivity contribution in [3.8, 4) is 0 Å². The molecule has 0 aliphatic heterocycles. The molecule has 0 aliphatic rings. The standard InChI is InChI=1S/C20H18FN3O3S/c1-13-9-10-22-19(11-13)23-20(25)16-12-15(8-7-14(16)2)28(26,27)24-18-6-4-3-5-17(18)21/h3-12,24H,1-2H3,(H,22,23,25). The second-order valence-electron chi connectivity index (χ2n) is 6.23. The molecule has 1 amide bonds. The molecule has 2 N–H and O–H groups in total. The van der Waals surface area contributed by atoms with Crippen LogP contribution in [0.5, 0.6) is 0 Å². The Morgan fingerprint density at radius 2 is 1.79 bits per heavy atom. The van der Waals surface area contributed by atoms with Gasteiger partial charge in [0.05, 0.1) is 10.6 Å². The van der Waals surface area contributed by atoms with E-state index in [0.29, 0.717) is 11.4 Å². The summed E-state index contributed by atoms with van der Waals surface area (Å²) in [5, 5.41) is 2.65. The van der Waals surface area contributed by atoms with Crippen molar-refractivity contribution in [3.05, 3.63) is 83.3 Å². The molecule has 0 aliphatic carbocycles. The van der Waals surface area contributed by atoms with Crippen LogP contribution in [0.2, 0.25) is 0 Å². The zero-order valence-corrected chi connectivity index (χ0v) is 16.0. The summed E-state index contributed by atoms with van der Waals surface area (Å²) in [6.45, 7) is 3.56. The van der Waals surface area contributed by atoms with Crippen LogP contribution in [0.3, 0.4) is 0 Å². The van der Waals surface area contributed by atoms with E-state index in [2.05, 4.69) is 15.0 Å². The third kappa shape index (κ3) is 4.34. The molecule has 6 nitrogen and oxygen atoms in total. The van der Waals surface area contributed by atoms with Gasteiger partial charge in [-0.15, -0.1) is 0 Å². The molecule has 1 aromatic heterocycles. The van der Waals surface area contributed by atoms with Gasteiger partial charge in [0.1, 0.15) is 11.6 Å². The number of carbonyl (C=O) groups excluding carboxylic acids is 1. The summed E-state index contributed by atoms with van der Waals surface area (Å²) >= 11 is 0. The molecule has 0 saturated carbocycles. The van der Waals surface area contributed by atoms with E-state index in [1.165, 1.54) is 36.4 Å². The normalized spacial score (nSPS) is 11.1. The van der Waals surface area contributed by atoms with Gasteiger partial charge in [-0.3, -0.25) is 9.52 Å². The first kappa shape index (κ1) is 19.5. The smallest absolute Gasteiger partial charge is 0.262 e. The van der Waals surface area contributed by atoms with Crippen LogP contribution in [0, 0.1) is 19.7 Å². The van der Waals surface area contributed by atoms with E-state index in [-0.39, 0.29) is 16.1 Å². The largest absolute Gasteiger partial charge is 0.307 e. The molecular weight excluding hydrogens is 381 g/mol. The fourth-order valence-corrected chi connectivity index (χ4v) is 3.64. The number of sulfonamides is 1. The lowest BCUT2D eigenvalue weighted by Crippen LogP contribution is -2.18. The van der Waals surface area contributed by atoms with Gasteiger partial charge in [0.15, 0.2) is 0 Å². The van der Waals surface area contributed by atoms with Crippen LogP contribution < -0.4 is 10.0 Å². The number of aromatic nitrogens is 1. The van der Waals surface area contributed by atoms with Gasteiger partial charge in [0.2, 0.25) is 0 Å². The summed E-state index contributed by atoms with van der Waals surface area (Å²) in [6.07, 6.45) is 1.57. The zero-order chi connectivity index (χ0) is 20.3.